The zero-order valence-corrected chi connectivity index (χ0v) is 15.9. The number of rotatable bonds is 4. The van der Waals surface area contributed by atoms with E-state index in [1.54, 1.807) is 17.9 Å². The third-order valence-electron chi connectivity index (χ3n) is 5.73. The lowest BCUT2D eigenvalue weighted by atomic mass is 10.0. The van der Waals surface area contributed by atoms with Crippen molar-refractivity contribution < 1.29 is 14.0 Å². The quantitative estimate of drug-likeness (QED) is 0.882. The fourth-order valence-electron chi connectivity index (χ4n) is 4.31. The molecule has 0 radical (unpaired) electrons. The van der Waals surface area contributed by atoms with Gasteiger partial charge in [-0.25, -0.2) is 4.79 Å². The average Bonchev–Trinajstić information content (AvgIpc) is 2.98. The molecular weight excluding hydrogens is 356 g/mol. The predicted octanol–water partition coefficient (Wildman–Crippen LogP) is 2.23. The number of aryl methyl sites for hydroxylation is 3. The fourth-order valence-corrected chi connectivity index (χ4v) is 4.31. The zero-order chi connectivity index (χ0) is 19.7. The van der Waals surface area contributed by atoms with Gasteiger partial charge in [-0.15, -0.1) is 0 Å². The highest BCUT2D eigenvalue weighted by Crippen LogP contribution is 2.30. The first kappa shape index (κ1) is 18.5. The molecule has 2 aliphatic heterocycles. The van der Waals surface area contributed by atoms with Crippen molar-refractivity contribution in [3.05, 3.63) is 69.3 Å². The van der Waals surface area contributed by atoms with Crippen LogP contribution in [-0.4, -0.2) is 35.3 Å². The lowest BCUT2D eigenvalue weighted by Crippen LogP contribution is -2.44. The summed E-state index contributed by atoms with van der Waals surface area (Å²) in [5.74, 6) is 0.230. The maximum absolute atomic E-state index is 13.2. The van der Waals surface area contributed by atoms with Gasteiger partial charge in [0.25, 0.3) is 5.91 Å². The summed E-state index contributed by atoms with van der Waals surface area (Å²) in [6, 6.07) is 11.6. The maximum atomic E-state index is 13.2. The molecule has 2 saturated heterocycles. The van der Waals surface area contributed by atoms with E-state index < -0.39 is 5.63 Å². The van der Waals surface area contributed by atoms with Crippen molar-refractivity contribution in [3.63, 3.8) is 0 Å². The first-order chi connectivity index (χ1) is 13.5. The summed E-state index contributed by atoms with van der Waals surface area (Å²) < 4.78 is 5.48. The molecule has 28 heavy (non-hydrogen) atoms. The Morgan fingerprint density at radius 1 is 1.14 bits per heavy atom. The highest BCUT2D eigenvalue weighted by Gasteiger charge is 2.41. The number of carbonyl (C=O) groups is 2. The molecule has 2 amide bonds. The lowest BCUT2D eigenvalue weighted by Gasteiger charge is -2.27. The summed E-state index contributed by atoms with van der Waals surface area (Å²) in [7, 11) is 0. The fraction of sp³-hybridized carbons (Fsp3) is 0.409. The Morgan fingerprint density at radius 2 is 1.89 bits per heavy atom. The number of nitrogens with zero attached hydrogens (tertiary/aromatic N) is 1. The largest absolute Gasteiger partial charge is 0.427 e. The Bertz CT molecular complexity index is 951. The Kier molecular flexibility index (Phi) is 5.03. The van der Waals surface area contributed by atoms with Gasteiger partial charge >= 0.3 is 5.63 Å². The molecule has 0 aliphatic carbocycles. The summed E-state index contributed by atoms with van der Waals surface area (Å²) in [6.45, 7) is 2.22. The molecule has 1 aromatic carbocycles. The normalized spacial score (nSPS) is 21.3. The van der Waals surface area contributed by atoms with Crippen molar-refractivity contribution in [3.8, 4) is 0 Å². The topological polar surface area (TPSA) is 79.6 Å². The minimum Gasteiger partial charge on any atom is -0.427 e. The third kappa shape index (κ3) is 3.59. The van der Waals surface area contributed by atoms with Crippen LogP contribution in [0.15, 0.2) is 45.6 Å². The first-order valence-electron chi connectivity index (χ1n) is 9.80. The summed E-state index contributed by atoms with van der Waals surface area (Å²) >= 11 is 0. The molecule has 146 valence electrons. The predicted molar refractivity (Wildman–Crippen MR) is 104 cm³/mol. The minimum absolute atomic E-state index is 0.0370. The Morgan fingerprint density at radius 3 is 2.64 bits per heavy atom. The third-order valence-corrected chi connectivity index (χ3v) is 5.73. The van der Waals surface area contributed by atoms with E-state index in [9.17, 15) is 14.4 Å². The number of hydrogen-bond acceptors (Lipinski definition) is 4. The van der Waals surface area contributed by atoms with E-state index in [4.69, 9.17) is 4.42 Å². The van der Waals surface area contributed by atoms with Gasteiger partial charge in [0.05, 0.1) is 0 Å². The number of amides is 2. The lowest BCUT2D eigenvalue weighted by molar-refractivity contribution is -0.121. The van der Waals surface area contributed by atoms with Gasteiger partial charge in [-0.05, 0) is 43.4 Å². The number of nitrogens with one attached hydrogen (secondary N) is 1. The maximum Gasteiger partial charge on any atom is 0.349 e. The van der Waals surface area contributed by atoms with Gasteiger partial charge < -0.3 is 14.6 Å². The van der Waals surface area contributed by atoms with Crippen LogP contribution in [0.1, 0.15) is 46.5 Å². The van der Waals surface area contributed by atoms with Gasteiger partial charge in [-0.2, -0.15) is 0 Å². The standard InChI is InChI=1S/C22H24N2O4/c1-14-11-18(10-7-15-5-3-2-4-6-15)28-22(27)20(14)21(26)24-16-8-9-17(24)13-23-19(25)12-16/h2-6,11,16-17H,7-10,12-13H2,1H3,(H,23,25)/t16-,17+/m1/s1. The van der Waals surface area contributed by atoms with Gasteiger partial charge in [0.2, 0.25) is 5.91 Å². The van der Waals surface area contributed by atoms with Gasteiger partial charge in [0, 0.05) is 31.5 Å². The van der Waals surface area contributed by atoms with Gasteiger partial charge in [0.1, 0.15) is 11.3 Å². The van der Waals surface area contributed by atoms with E-state index >= 15 is 0 Å². The van der Waals surface area contributed by atoms with Crippen molar-refractivity contribution in [1.82, 2.24) is 10.2 Å². The van der Waals surface area contributed by atoms with Crippen LogP contribution >= 0.6 is 0 Å². The van der Waals surface area contributed by atoms with Crippen LogP contribution in [0.3, 0.4) is 0 Å². The zero-order valence-electron chi connectivity index (χ0n) is 15.9. The van der Waals surface area contributed by atoms with Gasteiger partial charge in [-0.3, -0.25) is 9.59 Å². The van der Waals surface area contributed by atoms with E-state index in [1.165, 1.54) is 5.56 Å². The smallest absolute Gasteiger partial charge is 0.349 e. The number of fused-ring (bicyclic) bond motifs is 2. The Labute approximate surface area is 163 Å². The second kappa shape index (κ2) is 7.62. The molecule has 3 heterocycles. The van der Waals surface area contributed by atoms with Crippen LogP contribution in [0, 0.1) is 6.92 Å². The second-order valence-corrected chi connectivity index (χ2v) is 7.65. The van der Waals surface area contributed by atoms with E-state index in [-0.39, 0.29) is 29.5 Å². The van der Waals surface area contributed by atoms with Gasteiger partial charge in [0.15, 0.2) is 0 Å². The van der Waals surface area contributed by atoms with E-state index in [1.807, 2.05) is 30.3 Å². The summed E-state index contributed by atoms with van der Waals surface area (Å²) in [5, 5.41) is 2.85. The molecular formula is C22H24N2O4. The van der Waals surface area contributed by atoms with Crippen LogP contribution < -0.4 is 10.9 Å². The molecule has 1 aromatic heterocycles. The molecule has 2 aliphatic rings. The molecule has 0 unspecified atom stereocenters. The van der Waals surface area contributed by atoms with Crippen molar-refractivity contribution in [1.29, 1.82) is 0 Å². The molecule has 0 saturated carbocycles. The Balaban J connectivity index is 1.56. The Hall–Kier alpha value is -2.89. The van der Waals surface area contributed by atoms with Crippen LogP contribution in [0.25, 0.3) is 0 Å². The second-order valence-electron chi connectivity index (χ2n) is 7.65. The monoisotopic (exact) mass is 380 g/mol. The highest BCUT2D eigenvalue weighted by atomic mass is 16.4. The molecule has 0 spiro atoms. The summed E-state index contributed by atoms with van der Waals surface area (Å²) in [6.07, 6.45) is 3.30. The van der Waals surface area contributed by atoms with Crippen LogP contribution in [0.4, 0.5) is 0 Å². The molecule has 2 aromatic rings. The molecule has 4 rings (SSSR count). The molecule has 2 bridgehead atoms. The highest BCUT2D eigenvalue weighted by molar-refractivity contribution is 5.96. The van der Waals surface area contributed by atoms with Crippen molar-refractivity contribution in [2.45, 2.75) is 51.1 Å². The molecule has 1 N–H and O–H groups in total. The average molecular weight is 380 g/mol. The van der Waals surface area contributed by atoms with E-state index in [0.717, 1.165) is 19.3 Å². The van der Waals surface area contributed by atoms with E-state index in [0.29, 0.717) is 30.7 Å². The van der Waals surface area contributed by atoms with Crippen molar-refractivity contribution in [2.75, 3.05) is 6.54 Å². The molecule has 6 nitrogen and oxygen atoms in total. The number of benzene rings is 1. The minimum atomic E-state index is -0.587. The van der Waals surface area contributed by atoms with Crippen LogP contribution in [-0.2, 0) is 17.6 Å². The number of carbonyl (C=O) groups excluding carboxylic acids is 2. The van der Waals surface area contributed by atoms with Crippen molar-refractivity contribution in [2.24, 2.45) is 0 Å². The molecule has 6 heteroatoms. The SMILES string of the molecule is Cc1cc(CCc2ccccc2)oc(=O)c1C(=O)N1[C@@H]2CC[C@H]1CNC(=O)C2. The summed E-state index contributed by atoms with van der Waals surface area (Å²) in [4.78, 5) is 39.4. The van der Waals surface area contributed by atoms with Gasteiger partial charge in [-0.1, -0.05) is 30.3 Å². The molecule has 2 fully saturated rings. The molecule has 2 atom stereocenters. The summed E-state index contributed by atoms with van der Waals surface area (Å²) in [5.41, 5.74) is 1.30. The van der Waals surface area contributed by atoms with Crippen LogP contribution in [0.5, 0.6) is 0 Å². The van der Waals surface area contributed by atoms with Crippen LogP contribution in [0.2, 0.25) is 0 Å². The first-order valence-corrected chi connectivity index (χ1v) is 9.80. The number of hydrogen-bond donors (Lipinski definition) is 1. The van der Waals surface area contributed by atoms with E-state index in [2.05, 4.69) is 5.32 Å². The van der Waals surface area contributed by atoms with Crippen molar-refractivity contribution >= 4 is 11.8 Å².